The lowest BCUT2D eigenvalue weighted by atomic mass is 9.93. The summed E-state index contributed by atoms with van der Waals surface area (Å²) in [6.45, 7) is 0. The first-order chi connectivity index (χ1) is 7.22. The standard InChI is InChI=1S/C11H9NO3/c13-9-11(12-10(14)15-9)6-5-7-3-1-2-4-8(7)11/h1-4H,5-6H2,(H,12,14). The van der Waals surface area contributed by atoms with Gasteiger partial charge in [0.05, 0.1) is 0 Å². The van der Waals surface area contributed by atoms with Gasteiger partial charge in [-0.3, -0.25) is 0 Å². The van der Waals surface area contributed by atoms with E-state index in [2.05, 4.69) is 10.1 Å². The zero-order valence-electron chi connectivity index (χ0n) is 7.95. The molecule has 1 spiro atoms. The van der Waals surface area contributed by atoms with Gasteiger partial charge in [-0.05, 0) is 24.0 Å². The van der Waals surface area contributed by atoms with Gasteiger partial charge in [0.15, 0.2) is 5.54 Å². The van der Waals surface area contributed by atoms with E-state index in [-0.39, 0.29) is 0 Å². The van der Waals surface area contributed by atoms with Gasteiger partial charge in [-0.2, -0.15) is 0 Å². The fourth-order valence-corrected chi connectivity index (χ4v) is 2.38. The van der Waals surface area contributed by atoms with Crippen LogP contribution in [0.2, 0.25) is 0 Å². The first-order valence-corrected chi connectivity index (χ1v) is 4.85. The third-order valence-electron chi connectivity index (χ3n) is 3.10. The molecule has 2 aliphatic rings. The summed E-state index contributed by atoms with van der Waals surface area (Å²) in [7, 11) is 0. The van der Waals surface area contributed by atoms with Crippen LogP contribution < -0.4 is 5.32 Å². The lowest BCUT2D eigenvalue weighted by Gasteiger charge is -2.18. The molecule has 1 aromatic rings. The summed E-state index contributed by atoms with van der Waals surface area (Å²) < 4.78 is 4.57. The van der Waals surface area contributed by atoms with E-state index in [1.54, 1.807) is 0 Å². The van der Waals surface area contributed by atoms with Crippen molar-refractivity contribution in [3.8, 4) is 0 Å². The van der Waals surface area contributed by atoms with E-state index < -0.39 is 17.6 Å². The van der Waals surface area contributed by atoms with Crippen molar-refractivity contribution >= 4 is 12.1 Å². The number of amides is 1. The molecule has 3 rings (SSSR count). The van der Waals surface area contributed by atoms with Gasteiger partial charge in [-0.25, -0.2) is 9.59 Å². The quantitative estimate of drug-likeness (QED) is 0.507. The first kappa shape index (κ1) is 8.47. The number of esters is 1. The van der Waals surface area contributed by atoms with E-state index in [1.165, 1.54) is 0 Å². The predicted octanol–water partition coefficient (Wildman–Crippen LogP) is 1.09. The molecule has 1 N–H and O–H groups in total. The summed E-state index contributed by atoms with van der Waals surface area (Å²) in [6.07, 6.45) is 0.749. The molecule has 1 unspecified atom stereocenters. The van der Waals surface area contributed by atoms with Gasteiger partial charge in [-0.1, -0.05) is 24.3 Å². The van der Waals surface area contributed by atoms with E-state index >= 15 is 0 Å². The van der Waals surface area contributed by atoms with E-state index in [1.807, 2.05) is 24.3 Å². The molecule has 1 saturated heterocycles. The number of aryl methyl sites for hydroxylation is 1. The Morgan fingerprint density at radius 3 is 2.80 bits per heavy atom. The summed E-state index contributed by atoms with van der Waals surface area (Å²) >= 11 is 0. The van der Waals surface area contributed by atoms with E-state index in [9.17, 15) is 9.59 Å². The number of hydrogen-bond acceptors (Lipinski definition) is 3. The average molecular weight is 203 g/mol. The lowest BCUT2D eigenvalue weighted by molar-refractivity contribution is -0.139. The number of hydrogen-bond donors (Lipinski definition) is 1. The van der Waals surface area contributed by atoms with Gasteiger partial charge in [0.2, 0.25) is 0 Å². The second kappa shape index (κ2) is 2.59. The minimum absolute atomic E-state index is 0.475. The molecule has 0 radical (unpaired) electrons. The van der Waals surface area contributed by atoms with Crippen molar-refractivity contribution in [2.45, 2.75) is 18.4 Å². The number of ether oxygens (including phenoxy) is 1. The smallest absolute Gasteiger partial charge is 0.374 e. The van der Waals surface area contributed by atoms with Crippen molar-refractivity contribution in [2.24, 2.45) is 0 Å². The maximum atomic E-state index is 11.7. The highest BCUT2D eigenvalue weighted by Crippen LogP contribution is 2.40. The van der Waals surface area contributed by atoms with Crippen LogP contribution in [-0.2, 0) is 21.5 Å². The summed E-state index contributed by atoms with van der Waals surface area (Å²) in [5, 5.41) is 2.62. The van der Waals surface area contributed by atoms with Crippen LogP contribution in [0.25, 0.3) is 0 Å². The van der Waals surface area contributed by atoms with Crippen molar-refractivity contribution in [3.63, 3.8) is 0 Å². The second-order valence-corrected chi connectivity index (χ2v) is 3.86. The highest BCUT2D eigenvalue weighted by molar-refractivity contribution is 6.00. The van der Waals surface area contributed by atoms with Gasteiger partial charge in [0, 0.05) is 0 Å². The molecular weight excluding hydrogens is 194 g/mol. The molecule has 1 atom stereocenters. The number of cyclic esters (lactones) is 2. The number of rotatable bonds is 0. The minimum atomic E-state index is -0.909. The monoisotopic (exact) mass is 203 g/mol. The van der Waals surface area contributed by atoms with Crippen molar-refractivity contribution in [3.05, 3.63) is 35.4 Å². The normalized spacial score (nSPS) is 27.7. The maximum Gasteiger partial charge on any atom is 0.416 e. The third kappa shape index (κ3) is 0.960. The average Bonchev–Trinajstić information content (AvgIpc) is 2.72. The Bertz CT molecular complexity index is 469. The molecule has 4 nitrogen and oxygen atoms in total. The summed E-state index contributed by atoms with van der Waals surface area (Å²) in [4.78, 5) is 22.7. The van der Waals surface area contributed by atoms with Crippen molar-refractivity contribution < 1.29 is 14.3 Å². The number of alkyl carbamates (subject to hydrolysis) is 1. The van der Waals surface area contributed by atoms with Gasteiger partial charge in [-0.15, -0.1) is 0 Å². The van der Waals surface area contributed by atoms with Gasteiger partial charge in [0.25, 0.3) is 0 Å². The fraction of sp³-hybridized carbons (Fsp3) is 0.273. The Morgan fingerprint density at radius 2 is 2.07 bits per heavy atom. The molecule has 4 heteroatoms. The number of fused-ring (bicyclic) bond motifs is 2. The van der Waals surface area contributed by atoms with Crippen LogP contribution in [0.15, 0.2) is 24.3 Å². The van der Waals surface area contributed by atoms with Crippen LogP contribution in [0, 0.1) is 0 Å². The number of carbonyl (C=O) groups is 2. The first-order valence-electron chi connectivity index (χ1n) is 4.85. The van der Waals surface area contributed by atoms with Crippen molar-refractivity contribution in [2.75, 3.05) is 0 Å². The topological polar surface area (TPSA) is 55.4 Å². The molecule has 76 valence electrons. The molecular formula is C11H9NO3. The zero-order valence-corrected chi connectivity index (χ0v) is 7.95. The largest absolute Gasteiger partial charge is 0.416 e. The van der Waals surface area contributed by atoms with Gasteiger partial charge < -0.3 is 10.1 Å². The fourth-order valence-electron chi connectivity index (χ4n) is 2.38. The molecule has 0 aromatic heterocycles. The molecule has 1 fully saturated rings. The number of nitrogens with one attached hydrogen (secondary N) is 1. The van der Waals surface area contributed by atoms with E-state index in [0.717, 1.165) is 17.5 Å². The molecule has 1 aromatic carbocycles. The second-order valence-electron chi connectivity index (χ2n) is 3.86. The Balaban J connectivity index is 2.17. The molecule has 1 amide bonds. The van der Waals surface area contributed by atoms with Crippen LogP contribution in [-0.4, -0.2) is 12.1 Å². The highest BCUT2D eigenvalue weighted by atomic mass is 16.6. The SMILES string of the molecule is O=C1NC2(CCc3ccccc32)C(=O)O1. The maximum absolute atomic E-state index is 11.7. The third-order valence-corrected chi connectivity index (χ3v) is 3.10. The van der Waals surface area contributed by atoms with Crippen LogP contribution in [0.1, 0.15) is 17.5 Å². The van der Waals surface area contributed by atoms with Crippen LogP contribution in [0.5, 0.6) is 0 Å². The van der Waals surface area contributed by atoms with Crippen LogP contribution in [0.3, 0.4) is 0 Å². The Labute approximate surface area is 86.2 Å². The van der Waals surface area contributed by atoms with Gasteiger partial charge in [0.1, 0.15) is 0 Å². The molecule has 1 aliphatic heterocycles. The molecule has 1 heterocycles. The van der Waals surface area contributed by atoms with Gasteiger partial charge >= 0.3 is 12.1 Å². The van der Waals surface area contributed by atoms with E-state index in [0.29, 0.717) is 6.42 Å². The van der Waals surface area contributed by atoms with Crippen LogP contribution >= 0.6 is 0 Å². The number of benzene rings is 1. The summed E-state index contributed by atoms with van der Waals surface area (Å²) in [6, 6.07) is 7.64. The zero-order chi connectivity index (χ0) is 10.5. The Morgan fingerprint density at radius 1 is 1.27 bits per heavy atom. The molecule has 15 heavy (non-hydrogen) atoms. The van der Waals surface area contributed by atoms with Crippen molar-refractivity contribution in [1.82, 2.24) is 5.32 Å². The van der Waals surface area contributed by atoms with Crippen molar-refractivity contribution in [1.29, 1.82) is 0 Å². The van der Waals surface area contributed by atoms with E-state index in [4.69, 9.17) is 0 Å². The molecule has 0 bridgehead atoms. The molecule has 0 saturated carbocycles. The summed E-state index contributed by atoms with van der Waals surface area (Å²) in [5.41, 5.74) is 1.07. The minimum Gasteiger partial charge on any atom is -0.374 e. The van der Waals surface area contributed by atoms with Crippen LogP contribution in [0.4, 0.5) is 4.79 Å². The molecule has 1 aliphatic carbocycles. The Hall–Kier alpha value is -1.84. The Kier molecular flexibility index (Phi) is 1.46. The predicted molar refractivity (Wildman–Crippen MR) is 51.1 cm³/mol. The summed E-state index contributed by atoms with van der Waals surface area (Å²) in [5.74, 6) is -0.475. The highest BCUT2D eigenvalue weighted by Gasteiger charge is 2.53. The number of carbonyl (C=O) groups excluding carboxylic acids is 2. The lowest BCUT2D eigenvalue weighted by Crippen LogP contribution is -2.41.